The number of aryl methyl sites for hydroxylation is 1. The van der Waals surface area contributed by atoms with Crippen molar-refractivity contribution in [3.63, 3.8) is 0 Å². The normalized spacial score (nSPS) is 11.4. The van der Waals surface area contributed by atoms with Crippen molar-refractivity contribution >= 4 is 16.9 Å². The molecular formula is C35H33NO6. The standard InChI is InChI=1S/C35H33NO6/c1-20(2)18-26-30(37)33(40)32(39)29-31(38)28(21(3)42-34(26)29)24-14-16-25(17-15-24)35(41)36-19-27(22-10-6-4-7-11-22)23-12-8-5-9-13-23/h4-17,20,27,37,39-40H,18-19H2,1-3H3,(H,36,41). The van der Waals surface area contributed by atoms with Crippen molar-refractivity contribution in [2.75, 3.05) is 6.54 Å². The third kappa shape index (κ3) is 5.46. The molecule has 1 amide bonds. The smallest absolute Gasteiger partial charge is 0.251 e. The van der Waals surface area contributed by atoms with Gasteiger partial charge in [0.25, 0.3) is 5.91 Å². The van der Waals surface area contributed by atoms with Crippen LogP contribution in [0.1, 0.15) is 52.6 Å². The van der Waals surface area contributed by atoms with E-state index in [0.29, 0.717) is 24.1 Å². The molecule has 214 valence electrons. The molecule has 0 saturated heterocycles. The molecule has 7 nitrogen and oxygen atoms in total. The Morgan fingerprint density at radius 1 is 0.810 bits per heavy atom. The molecule has 0 spiro atoms. The summed E-state index contributed by atoms with van der Waals surface area (Å²) in [6.45, 7) is 5.88. The van der Waals surface area contributed by atoms with Crippen LogP contribution in [-0.2, 0) is 6.42 Å². The topological polar surface area (TPSA) is 120 Å². The van der Waals surface area contributed by atoms with E-state index >= 15 is 0 Å². The van der Waals surface area contributed by atoms with Gasteiger partial charge in [-0.05, 0) is 48.1 Å². The predicted octanol–water partition coefficient (Wildman–Crippen LogP) is 6.65. The zero-order valence-corrected chi connectivity index (χ0v) is 23.7. The number of benzene rings is 4. The predicted molar refractivity (Wildman–Crippen MR) is 163 cm³/mol. The Balaban J connectivity index is 1.44. The molecule has 0 aliphatic carbocycles. The Kier molecular flexibility index (Phi) is 8.02. The molecule has 0 radical (unpaired) electrons. The first-order valence-electron chi connectivity index (χ1n) is 13.9. The van der Waals surface area contributed by atoms with E-state index in [2.05, 4.69) is 5.32 Å². The lowest BCUT2D eigenvalue weighted by Gasteiger charge is -2.19. The SMILES string of the molecule is Cc1oc2c(CC(C)C)c(O)c(O)c(O)c2c(=O)c1-c1ccc(C(=O)NCC(c2ccccc2)c2ccccc2)cc1. The van der Waals surface area contributed by atoms with E-state index < -0.39 is 22.7 Å². The Morgan fingerprint density at radius 3 is 1.93 bits per heavy atom. The third-order valence-electron chi connectivity index (χ3n) is 7.45. The molecule has 5 aromatic rings. The number of nitrogens with one attached hydrogen (secondary N) is 1. The fourth-order valence-corrected chi connectivity index (χ4v) is 5.37. The Morgan fingerprint density at radius 2 is 1.38 bits per heavy atom. The molecule has 4 aromatic carbocycles. The van der Waals surface area contributed by atoms with Crippen molar-refractivity contribution in [1.29, 1.82) is 0 Å². The molecular weight excluding hydrogens is 530 g/mol. The number of rotatable bonds is 8. The van der Waals surface area contributed by atoms with Gasteiger partial charge in [-0.2, -0.15) is 0 Å². The first-order chi connectivity index (χ1) is 20.2. The molecule has 0 aliphatic rings. The van der Waals surface area contributed by atoms with Crippen molar-refractivity contribution in [2.24, 2.45) is 5.92 Å². The summed E-state index contributed by atoms with van der Waals surface area (Å²) in [7, 11) is 0. The number of carbonyl (C=O) groups excluding carboxylic acids is 1. The van der Waals surface area contributed by atoms with Gasteiger partial charge < -0.3 is 25.1 Å². The minimum absolute atomic E-state index is 0.0235. The summed E-state index contributed by atoms with van der Waals surface area (Å²) in [6, 6.07) is 26.6. The van der Waals surface area contributed by atoms with Crippen LogP contribution in [0.2, 0.25) is 0 Å². The van der Waals surface area contributed by atoms with Gasteiger partial charge in [0.1, 0.15) is 16.7 Å². The van der Waals surface area contributed by atoms with Crippen LogP contribution in [0.4, 0.5) is 0 Å². The second-order valence-corrected chi connectivity index (χ2v) is 10.9. The molecule has 0 atom stereocenters. The Labute approximate surface area is 243 Å². The molecule has 0 bridgehead atoms. The quantitative estimate of drug-likeness (QED) is 0.157. The van der Waals surface area contributed by atoms with Crippen LogP contribution < -0.4 is 10.7 Å². The lowest BCUT2D eigenvalue weighted by atomic mass is 9.91. The van der Waals surface area contributed by atoms with Gasteiger partial charge in [-0.25, -0.2) is 0 Å². The first-order valence-corrected chi connectivity index (χ1v) is 13.9. The van der Waals surface area contributed by atoms with Gasteiger partial charge in [-0.1, -0.05) is 86.6 Å². The zero-order valence-electron chi connectivity index (χ0n) is 23.7. The van der Waals surface area contributed by atoms with Gasteiger partial charge in [0.2, 0.25) is 11.2 Å². The fourth-order valence-electron chi connectivity index (χ4n) is 5.37. The summed E-state index contributed by atoms with van der Waals surface area (Å²) >= 11 is 0. The monoisotopic (exact) mass is 563 g/mol. The second kappa shape index (κ2) is 11.8. The molecule has 0 fully saturated rings. The van der Waals surface area contributed by atoms with E-state index in [9.17, 15) is 24.9 Å². The van der Waals surface area contributed by atoms with Crippen molar-refractivity contribution in [3.8, 4) is 28.4 Å². The number of fused-ring (bicyclic) bond motifs is 1. The number of phenols is 3. The number of phenolic OH excluding ortho intramolecular Hbond substituents is 3. The molecule has 0 unspecified atom stereocenters. The average Bonchev–Trinajstić information content (AvgIpc) is 2.99. The first kappa shape index (κ1) is 28.5. The molecule has 4 N–H and O–H groups in total. The summed E-state index contributed by atoms with van der Waals surface area (Å²) in [5.74, 6) is -1.89. The van der Waals surface area contributed by atoms with Crippen molar-refractivity contribution < 1.29 is 24.5 Å². The highest BCUT2D eigenvalue weighted by Crippen LogP contribution is 2.45. The van der Waals surface area contributed by atoms with Crippen LogP contribution in [0.25, 0.3) is 22.1 Å². The lowest BCUT2D eigenvalue weighted by molar-refractivity contribution is 0.0952. The third-order valence-corrected chi connectivity index (χ3v) is 7.45. The van der Waals surface area contributed by atoms with Crippen molar-refractivity contribution in [2.45, 2.75) is 33.1 Å². The maximum atomic E-state index is 13.6. The second-order valence-electron chi connectivity index (χ2n) is 10.9. The van der Waals surface area contributed by atoms with E-state index in [1.54, 1.807) is 31.2 Å². The molecule has 1 heterocycles. The molecule has 7 heteroatoms. The summed E-state index contributed by atoms with van der Waals surface area (Å²) < 4.78 is 5.99. The molecule has 5 rings (SSSR count). The van der Waals surface area contributed by atoms with Crippen LogP contribution >= 0.6 is 0 Å². The Hall–Kier alpha value is -5.04. The number of aromatic hydroxyl groups is 3. The molecule has 42 heavy (non-hydrogen) atoms. The lowest BCUT2D eigenvalue weighted by Crippen LogP contribution is -2.28. The largest absolute Gasteiger partial charge is 0.504 e. The highest BCUT2D eigenvalue weighted by atomic mass is 16.3. The molecule has 1 aromatic heterocycles. The maximum absolute atomic E-state index is 13.6. The summed E-state index contributed by atoms with van der Waals surface area (Å²) in [5, 5.41) is 34.3. The molecule has 0 saturated carbocycles. The maximum Gasteiger partial charge on any atom is 0.251 e. The van der Waals surface area contributed by atoms with Crippen LogP contribution in [0.3, 0.4) is 0 Å². The molecule has 0 aliphatic heterocycles. The number of hydrogen-bond donors (Lipinski definition) is 4. The zero-order chi connectivity index (χ0) is 30.0. The van der Waals surface area contributed by atoms with Crippen LogP contribution in [-0.4, -0.2) is 27.8 Å². The minimum atomic E-state index is -0.753. The van der Waals surface area contributed by atoms with E-state index in [1.165, 1.54) is 0 Å². The van der Waals surface area contributed by atoms with E-state index in [1.807, 2.05) is 74.5 Å². The van der Waals surface area contributed by atoms with Crippen LogP contribution in [0.15, 0.2) is 94.1 Å². The highest BCUT2D eigenvalue weighted by Gasteiger charge is 2.26. The fraction of sp³-hybridized carbons (Fsp3) is 0.200. The average molecular weight is 564 g/mol. The van der Waals surface area contributed by atoms with E-state index in [-0.39, 0.29) is 45.6 Å². The van der Waals surface area contributed by atoms with Gasteiger partial charge in [-0.15, -0.1) is 0 Å². The summed E-state index contributed by atoms with van der Waals surface area (Å²) in [4.78, 5) is 26.8. The summed E-state index contributed by atoms with van der Waals surface area (Å²) in [5.41, 5.74) is 3.06. The van der Waals surface area contributed by atoms with Crippen molar-refractivity contribution in [1.82, 2.24) is 5.32 Å². The van der Waals surface area contributed by atoms with E-state index in [0.717, 1.165) is 11.1 Å². The van der Waals surface area contributed by atoms with Crippen LogP contribution in [0.5, 0.6) is 17.2 Å². The van der Waals surface area contributed by atoms with Gasteiger partial charge in [0.05, 0.1) is 5.56 Å². The Bertz CT molecular complexity index is 1750. The summed E-state index contributed by atoms with van der Waals surface area (Å²) in [6.07, 6.45) is 0.330. The number of amides is 1. The highest BCUT2D eigenvalue weighted by molar-refractivity contribution is 5.96. The van der Waals surface area contributed by atoms with Gasteiger partial charge in [-0.3, -0.25) is 9.59 Å². The van der Waals surface area contributed by atoms with Gasteiger partial charge in [0.15, 0.2) is 11.5 Å². The number of carbonyl (C=O) groups is 1. The number of hydrogen-bond acceptors (Lipinski definition) is 6. The minimum Gasteiger partial charge on any atom is -0.504 e. The van der Waals surface area contributed by atoms with Gasteiger partial charge >= 0.3 is 0 Å². The van der Waals surface area contributed by atoms with E-state index in [4.69, 9.17) is 4.42 Å². The van der Waals surface area contributed by atoms with Crippen molar-refractivity contribution in [3.05, 3.63) is 123 Å². The van der Waals surface area contributed by atoms with Crippen LogP contribution in [0, 0.1) is 12.8 Å². The van der Waals surface area contributed by atoms with Gasteiger partial charge in [0, 0.05) is 23.6 Å².